The van der Waals surface area contributed by atoms with Crippen molar-refractivity contribution in [1.29, 1.82) is 0 Å². The predicted octanol–water partition coefficient (Wildman–Crippen LogP) is 3.07. The minimum Gasteiger partial charge on any atom is -0.326 e. The Hall–Kier alpha value is -3.18. The largest absolute Gasteiger partial charge is 0.326 e. The van der Waals surface area contributed by atoms with Crippen molar-refractivity contribution < 1.29 is 14.8 Å². The van der Waals surface area contributed by atoms with Crippen molar-refractivity contribution in [3.05, 3.63) is 77.9 Å². The fourth-order valence-corrected chi connectivity index (χ4v) is 2.72. The lowest BCUT2D eigenvalue weighted by molar-refractivity contribution is -0.128. The predicted molar refractivity (Wildman–Crippen MR) is 96.4 cm³/mol. The molecule has 5 nitrogen and oxygen atoms in total. The summed E-state index contributed by atoms with van der Waals surface area (Å²) in [5.74, 6) is -0.626. The first kappa shape index (κ1) is 16.7. The highest BCUT2D eigenvalue weighted by molar-refractivity contribution is 5.93. The zero-order valence-corrected chi connectivity index (χ0v) is 13.5. The van der Waals surface area contributed by atoms with Crippen molar-refractivity contribution in [3.8, 4) is 0 Å². The molecule has 0 saturated carbocycles. The molecule has 0 fully saturated rings. The molecule has 0 bridgehead atoms. The summed E-state index contributed by atoms with van der Waals surface area (Å²) in [4.78, 5) is 23.5. The molecule has 25 heavy (non-hydrogen) atoms. The lowest BCUT2D eigenvalue weighted by atomic mass is 10.0. The summed E-state index contributed by atoms with van der Waals surface area (Å²) in [5, 5.41) is 13.7. The number of hydrogen-bond donors (Lipinski definition) is 3. The number of fused-ring (bicyclic) bond motifs is 1. The van der Waals surface area contributed by atoms with Crippen LogP contribution in [0.15, 0.2) is 66.7 Å². The fourth-order valence-electron chi connectivity index (χ4n) is 2.72. The van der Waals surface area contributed by atoms with Gasteiger partial charge in [0.15, 0.2) is 0 Å². The number of carbonyl (C=O) groups excluding carboxylic acids is 2. The average Bonchev–Trinajstić information content (AvgIpc) is 2.61. The molecule has 3 N–H and O–H groups in total. The van der Waals surface area contributed by atoms with Crippen LogP contribution in [0.4, 0.5) is 5.69 Å². The second-order valence-electron chi connectivity index (χ2n) is 5.82. The van der Waals surface area contributed by atoms with E-state index < -0.39 is 5.91 Å². The first-order valence-electron chi connectivity index (χ1n) is 7.93. The third-order valence-electron chi connectivity index (χ3n) is 3.88. The van der Waals surface area contributed by atoms with E-state index >= 15 is 0 Å². The van der Waals surface area contributed by atoms with E-state index in [1.54, 1.807) is 29.7 Å². The van der Waals surface area contributed by atoms with Gasteiger partial charge in [0.2, 0.25) is 11.8 Å². The van der Waals surface area contributed by atoms with E-state index in [4.69, 9.17) is 5.21 Å². The molecular weight excluding hydrogens is 316 g/mol. The number of amides is 2. The van der Waals surface area contributed by atoms with Crippen LogP contribution in [0, 0.1) is 0 Å². The van der Waals surface area contributed by atoms with Crippen LogP contribution in [0.2, 0.25) is 0 Å². The minimum atomic E-state index is -0.500. The molecule has 0 aromatic heterocycles. The Bertz CT molecular complexity index is 921. The number of carbonyl (C=O) groups is 2. The second kappa shape index (κ2) is 7.59. The lowest BCUT2D eigenvalue weighted by Gasteiger charge is -2.08. The van der Waals surface area contributed by atoms with Gasteiger partial charge in [-0.1, -0.05) is 54.6 Å². The molecule has 3 aromatic rings. The molecule has 0 atom stereocenters. The van der Waals surface area contributed by atoms with Crippen LogP contribution >= 0.6 is 0 Å². The summed E-state index contributed by atoms with van der Waals surface area (Å²) in [6.45, 7) is 0. The molecule has 0 aliphatic rings. The molecule has 0 heterocycles. The number of rotatable bonds is 5. The topological polar surface area (TPSA) is 78.4 Å². The minimum absolute atomic E-state index is 0.0465. The highest BCUT2D eigenvalue weighted by atomic mass is 16.5. The number of anilines is 1. The second-order valence-corrected chi connectivity index (χ2v) is 5.82. The maximum Gasteiger partial charge on any atom is 0.247 e. The Morgan fingerprint density at radius 3 is 2.28 bits per heavy atom. The van der Waals surface area contributed by atoms with Crippen LogP contribution < -0.4 is 10.8 Å². The Morgan fingerprint density at radius 2 is 1.48 bits per heavy atom. The zero-order valence-electron chi connectivity index (χ0n) is 13.5. The average molecular weight is 334 g/mol. The van der Waals surface area contributed by atoms with Crippen molar-refractivity contribution >= 4 is 28.3 Å². The number of benzene rings is 3. The highest BCUT2D eigenvalue weighted by Crippen LogP contribution is 2.17. The smallest absolute Gasteiger partial charge is 0.247 e. The molecule has 3 rings (SSSR count). The van der Waals surface area contributed by atoms with Crippen molar-refractivity contribution in [2.75, 3.05) is 5.32 Å². The molecule has 0 aliphatic carbocycles. The van der Waals surface area contributed by atoms with Crippen LogP contribution in [0.25, 0.3) is 10.8 Å². The lowest BCUT2D eigenvalue weighted by Crippen LogP contribution is -2.20. The van der Waals surface area contributed by atoms with Gasteiger partial charge in [-0.25, -0.2) is 5.48 Å². The molecule has 0 saturated heterocycles. The summed E-state index contributed by atoms with van der Waals surface area (Å²) < 4.78 is 0. The normalized spacial score (nSPS) is 10.4. The monoisotopic (exact) mass is 334 g/mol. The Kier molecular flexibility index (Phi) is 5.06. The molecule has 0 unspecified atom stereocenters. The molecular formula is C20H18N2O3. The van der Waals surface area contributed by atoms with Gasteiger partial charge in [-0.05, 0) is 34.0 Å². The van der Waals surface area contributed by atoms with Gasteiger partial charge in [-0.2, -0.15) is 0 Å². The third-order valence-corrected chi connectivity index (χ3v) is 3.88. The molecule has 0 spiro atoms. The molecule has 126 valence electrons. The molecule has 0 aliphatic heterocycles. The van der Waals surface area contributed by atoms with Gasteiger partial charge in [0.05, 0.1) is 12.8 Å². The van der Waals surface area contributed by atoms with Crippen molar-refractivity contribution in [2.45, 2.75) is 12.8 Å². The Balaban J connectivity index is 1.67. The SMILES string of the molecule is O=C(Cc1cccc(NC(=O)Cc2ccc3ccccc3c2)c1)NO. The van der Waals surface area contributed by atoms with Gasteiger partial charge in [0.25, 0.3) is 0 Å². The van der Waals surface area contributed by atoms with Gasteiger partial charge >= 0.3 is 0 Å². The van der Waals surface area contributed by atoms with E-state index in [0.717, 1.165) is 16.3 Å². The van der Waals surface area contributed by atoms with Gasteiger partial charge in [-0.3, -0.25) is 14.8 Å². The van der Waals surface area contributed by atoms with Gasteiger partial charge < -0.3 is 5.32 Å². The third kappa shape index (κ3) is 4.43. The van der Waals surface area contributed by atoms with Crippen LogP contribution in [0.5, 0.6) is 0 Å². The first-order valence-corrected chi connectivity index (χ1v) is 7.93. The van der Waals surface area contributed by atoms with E-state index in [2.05, 4.69) is 5.32 Å². The van der Waals surface area contributed by atoms with Crippen LogP contribution in [0.3, 0.4) is 0 Å². The van der Waals surface area contributed by atoms with E-state index in [-0.39, 0.29) is 18.7 Å². The molecule has 2 amide bonds. The molecule has 0 radical (unpaired) electrons. The summed E-state index contributed by atoms with van der Waals surface area (Å²) in [7, 11) is 0. The Morgan fingerprint density at radius 1 is 0.760 bits per heavy atom. The van der Waals surface area contributed by atoms with Gasteiger partial charge in [0, 0.05) is 5.69 Å². The summed E-state index contributed by atoms with van der Waals surface area (Å²) in [6, 6.07) is 21.0. The standard InChI is InChI=1S/C20H18N2O3/c23-19(12-15-8-9-16-5-1-2-6-17(16)10-15)21-18-7-3-4-14(11-18)13-20(24)22-25/h1-11,25H,12-13H2,(H,21,23)(H,22,24). The maximum atomic E-state index is 12.3. The van der Waals surface area contributed by atoms with Crippen molar-refractivity contribution in [2.24, 2.45) is 0 Å². The van der Waals surface area contributed by atoms with E-state index in [1.165, 1.54) is 0 Å². The number of nitrogens with one attached hydrogen (secondary N) is 2. The van der Waals surface area contributed by atoms with Crippen molar-refractivity contribution in [3.63, 3.8) is 0 Å². The van der Waals surface area contributed by atoms with Crippen LogP contribution in [-0.2, 0) is 22.4 Å². The summed E-state index contributed by atoms with van der Waals surface area (Å²) in [6.07, 6.45) is 0.317. The van der Waals surface area contributed by atoms with Crippen molar-refractivity contribution in [1.82, 2.24) is 5.48 Å². The molecule has 3 aromatic carbocycles. The summed E-state index contributed by atoms with van der Waals surface area (Å²) in [5.41, 5.74) is 3.85. The number of hydroxylamine groups is 1. The van der Waals surface area contributed by atoms with E-state index in [1.807, 2.05) is 42.5 Å². The quantitative estimate of drug-likeness (QED) is 0.496. The van der Waals surface area contributed by atoms with Crippen LogP contribution in [-0.4, -0.2) is 17.0 Å². The highest BCUT2D eigenvalue weighted by Gasteiger charge is 2.07. The zero-order chi connectivity index (χ0) is 17.6. The van der Waals surface area contributed by atoms with Crippen LogP contribution in [0.1, 0.15) is 11.1 Å². The fraction of sp³-hybridized carbons (Fsp3) is 0.100. The number of hydrogen-bond acceptors (Lipinski definition) is 3. The van der Waals surface area contributed by atoms with Gasteiger partial charge in [-0.15, -0.1) is 0 Å². The Labute approximate surface area is 145 Å². The maximum absolute atomic E-state index is 12.3. The van der Waals surface area contributed by atoms with Gasteiger partial charge in [0.1, 0.15) is 0 Å². The van der Waals surface area contributed by atoms with E-state index in [0.29, 0.717) is 11.3 Å². The molecule has 5 heteroatoms. The first-order chi connectivity index (χ1) is 12.1. The summed E-state index contributed by atoms with van der Waals surface area (Å²) >= 11 is 0. The van der Waals surface area contributed by atoms with E-state index in [9.17, 15) is 9.59 Å².